The molecule has 1 heteroatoms. The number of benzene rings is 5. The lowest BCUT2D eigenvalue weighted by Gasteiger charge is -2.11. The third-order valence-electron chi connectivity index (χ3n) is 5.01. The Hall–Kier alpha value is -3.32. The minimum Gasteiger partial charge on any atom is -0.399 e. The molecule has 0 unspecified atom stereocenters. The molecule has 1 nitrogen and oxygen atoms in total. The van der Waals surface area contributed by atoms with Gasteiger partial charge in [-0.2, -0.15) is 0 Å². The molecule has 0 fully saturated rings. The number of hydrogen-bond acceptors (Lipinski definition) is 1. The van der Waals surface area contributed by atoms with Crippen LogP contribution in [0.3, 0.4) is 0 Å². The van der Waals surface area contributed by atoms with Gasteiger partial charge in [0.2, 0.25) is 0 Å². The van der Waals surface area contributed by atoms with Gasteiger partial charge in [-0.15, -0.1) is 0 Å². The van der Waals surface area contributed by atoms with Gasteiger partial charge >= 0.3 is 0 Å². The zero-order valence-electron chi connectivity index (χ0n) is 13.7. The van der Waals surface area contributed by atoms with Gasteiger partial charge in [-0.05, 0) is 55.6 Å². The molecule has 0 heterocycles. The normalized spacial score (nSPS) is 11.4. The predicted octanol–water partition coefficient (Wildman–Crippen LogP) is 6.40. The Balaban J connectivity index is 1.87. The minimum atomic E-state index is 0.793. The number of nitrogens with two attached hydrogens (primary N) is 1. The molecule has 5 aromatic rings. The lowest BCUT2D eigenvalue weighted by molar-refractivity contribution is 1.65. The Labute approximate surface area is 146 Å². The van der Waals surface area contributed by atoms with Crippen molar-refractivity contribution < 1.29 is 0 Å². The molecule has 0 aromatic heterocycles. The van der Waals surface area contributed by atoms with Crippen LogP contribution in [0.1, 0.15) is 0 Å². The van der Waals surface area contributed by atoms with E-state index in [4.69, 9.17) is 5.73 Å². The van der Waals surface area contributed by atoms with E-state index in [1.165, 1.54) is 43.4 Å². The summed E-state index contributed by atoms with van der Waals surface area (Å²) in [5, 5.41) is 7.75. The average molecular weight is 319 g/mol. The van der Waals surface area contributed by atoms with Crippen molar-refractivity contribution in [2.24, 2.45) is 0 Å². The molecular weight excluding hydrogens is 302 g/mol. The molecule has 25 heavy (non-hydrogen) atoms. The highest BCUT2D eigenvalue weighted by molar-refractivity contribution is 6.19. The van der Waals surface area contributed by atoms with Crippen molar-refractivity contribution in [3.05, 3.63) is 91.0 Å². The highest BCUT2D eigenvalue weighted by Gasteiger charge is 2.08. The van der Waals surface area contributed by atoms with Gasteiger partial charge in [0.1, 0.15) is 0 Å². The molecule has 0 aliphatic carbocycles. The summed E-state index contributed by atoms with van der Waals surface area (Å²) < 4.78 is 0. The maximum Gasteiger partial charge on any atom is 0.0314 e. The maximum absolute atomic E-state index is 5.84. The summed E-state index contributed by atoms with van der Waals surface area (Å²) in [4.78, 5) is 0. The van der Waals surface area contributed by atoms with Gasteiger partial charge in [0.25, 0.3) is 0 Å². The van der Waals surface area contributed by atoms with E-state index < -0.39 is 0 Å². The fourth-order valence-corrected chi connectivity index (χ4v) is 3.77. The number of fused-ring (bicyclic) bond motifs is 5. The van der Waals surface area contributed by atoms with Gasteiger partial charge in [-0.25, -0.2) is 0 Å². The van der Waals surface area contributed by atoms with Crippen LogP contribution < -0.4 is 5.73 Å². The van der Waals surface area contributed by atoms with Gasteiger partial charge in [0.15, 0.2) is 0 Å². The first-order chi connectivity index (χ1) is 12.3. The Morgan fingerprint density at radius 1 is 0.440 bits per heavy atom. The van der Waals surface area contributed by atoms with Crippen LogP contribution in [0.4, 0.5) is 5.69 Å². The molecule has 0 saturated carbocycles. The lowest BCUT2D eigenvalue weighted by atomic mass is 9.93. The Kier molecular flexibility index (Phi) is 3.01. The highest BCUT2D eigenvalue weighted by Crippen LogP contribution is 2.35. The highest BCUT2D eigenvalue weighted by atomic mass is 14.5. The first kappa shape index (κ1) is 14.1. The van der Waals surface area contributed by atoms with Crippen molar-refractivity contribution in [3.63, 3.8) is 0 Å². The second kappa shape index (κ2) is 5.35. The van der Waals surface area contributed by atoms with E-state index in [-0.39, 0.29) is 0 Å². The summed E-state index contributed by atoms with van der Waals surface area (Å²) in [6, 6.07) is 32.2. The van der Waals surface area contributed by atoms with Crippen molar-refractivity contribution in [2.45, 2.75) is 0 Å². The molecule has 0 atom stereocenters. The van der Waals surface area contributed by atoms with Crippen molar-refractivity contribution >= 4 is 38.0 Å². The molecule has 0 bridgehead atoms. The monoisotopic (exact) mass is 319 g/mol. The van der Waals surface area contributed by atoms with Gasteiger partial charge in [-0.1, -0.05) is 78.9 Å². The quantitative estimate of drug-likeness (QED) is 0.281. The minimum absolute atomic E-state index is 0.793. The molecule has 5 rings (SSSR count). The zero-order chi connectivity index (χ0) is 16.8. The van der Waals surface area contributed by atoms with Crippen LogP contribution in [0.5, 0.6) is 0 Å². The van der Waals surface area contributed by atoms with Crippen LogP contribution in [0, 0.1) is 0 Å². The fraction of sp³-hybridized carbons (Fsp3) is 0. The SMILES string of the molecule is Nc1ccc(-c2cccc3c2ccc2c4ccccc4ccc32)cc1. The van der Waals surface area contributed by atoms with E-state index in [0.29, 0.717) is 0 Å². The van der Waals surface area contributed by atoms with E-state index in [9.17, 15) is 0 Å². The summed E-state index contributed by atoms with van der Waals surface area (Å²) in [5.74, 6) is 0. The predicted molar refractivity (Wildman–Crippen MR) is 109 cm³/mol. The summed E-state index contributed by atoms with van der Waals surface area (Å²) in [7, 11) is 0. The first-order valence-electron chi connectivity index (χ1n) is 8.50. The van der Waals surface area contributed by atoms with Crippen molar-refractivity contribution in [1.29, 1.82) is 0 Å². The van der Waals surface area contributed by atoms with Crippen LogP contribution in [-0.2, 0) is 0 Å². The van der Waals surface area contributed by atoms with Crippen molar-refractivity contribution in [3.8, 4) is 11.1 Å². The number of anilines is 1. The molecule has 5 aromatic carbocycles. The lowest BCUT2D eigenvalue weighted by Crippen LogP contribution is -1.86. The van der Waals surface area contributed by atoms with Gasteiger partial charge in [-0.3, -0.25) is 0 Å². The van der Waals surface area contributed by atoms with Crippen molar-refractivity contribution in [2.75, 3.05) is 5.73 Å². The summed E-state index contributed by atoms with van der Waals surface area (Å²) in [6.45, 7) is 0. The number of hydrogen-bond donors (Lipinski definition) is 1. The van der Waals surface area contributed by atoms with Crippen LogP contribution in [0.25, 0.3) is 43.4 Å². The second-order valence-corrected chi connectivity index (χ2v) is 6.47. The third-order valence-corrected chi connectivity index (χ3v) is 5.01. The Morgan fingerprint density at radius 3 is 1.96 bits per heavy atom. The summed E-state index contributed by atoms with van der Waals surface area (Å²) >= 11 is 0. The van der Waals surface area contributed by atoms with E-state index in [2.05, 4.69) is 78.9 Å². The smallest absolute Gasteiger partial charge is 0.0314 e. The number of nitrogen functional groups attached to an aromatic ring is 1. The fourth-order valence-electron chi connectivity index (χ4n) is 3.77. The molecule has 0 radical (unpaired) electrons. The van der Waals surface area contributed by atoms with Crippen LogP contribution >= 0.6 is 0 Å². The van der Waals surface area contributed by atoms with E-state index in [1.54, 1.807) is 0 Å². The molecule has 0 spiro atoms. The van der Waals surface area contributed by atoms with Crippen molar-refractivity contribution in [1.82, 2.24) is 0 Å². The standard InChI is InChI=1S/C24H17N/c25-18-11-8-17(9-12-18)20-6-3-7-21-22(20)14-15-23-19-5-2-1-4-16(19)10-13-24(21)23/h1-15H,25H2. The largest absolute Gasteiger partial charge is 0.399 e. The first-order valence-corrected chi connectivity index (χ1v) is 8.50. The third kappa shape index (κ3) is 2.17. The van der Waals surface area contributed by atoms with E-state index in [1.807, 2.05) is 12.1 Å². The van der Waals surface area contributed by atoms with Gasteiger partial charge in [0.05, 0.1) is 0 Å². The Bertz CT molecular complexity index is 1230. The van der Waals surface area contributed by atoms with Crippen LogP contribution in [-0.4, -0.2) is 0 Å². The van der Waals surface area contributed by atoms with E-state index in [0.717, 1.165) is 5.69 Å². The zero-order valence-corrected chi connectivity index (χ0v) is 13.7. The van der Waals surface area contributed by atoms with Gasteiger partial charge in [0, 0.05) is 5.69 Å². The maximum atomic E-state index is 5.84. The van der Waals surface area contributed by atoms with Crippen LogP contribution in [0.2, 0.25) is 0 Å². The molecule has 0 aliphatic heterocycles. The summed E-state index contributed by atoms with van der Waals surface area (Å²) in [6.07, 6.45) is 0. The average Bonchev–Trinajstić information content (AvgIpc) is 2.67. The second-order valence-electron chi connectivity index (χ2n) is 6.47. The molecule has 0 saturated heterocycles. The number of rotatable bonds is 1. The molecule has 0 aliphatic rings. The topological polar surface area (TPSA) is 26.0 Å². The Morgan fingerprint density at radius 2 is 1.08 bits per heavy atom. The molecule has 2 N–H and O–H groups in total. The molecular formula is C24H17N. The van der Waals surface area contributed by atoms with Gasteiger partial charge < -0.3 is 5.73 Å². The molecule has 0 amide bonds. The summed E-state index contributed by atoms with van der Waals surface area (Å²) in [5.41, 5.74) is 9.07. The van der Waals surface area contributed by atoms with E-state index >= 15 is 0 Å². The van der Waals surface area contributed by atoms with Crippen LogP contribution in [0.15, 0.2) is 91.0 Å². The molecule has 118 valence electrons.